The minimum absolute atomic E-state index is 0.0164. The van der Waals surface area contributed by atoms with Gasteiger partial charge in [-0.3, -0.25) is 0 Å². The zero-order valence-corrected chi connectivity index (χ0v) is 14.4. The maximum atomic E-state index is 12.6. The summed E-state index contributed by atoms with van der Waals surface area (Å²) < 4.78 is 28.4. The van der Waals surface area contributed by atoms with Crippen LogP contribution in [0.5, 0.6) is 0 Å². The van der Waals surface area contributed by atoms with Crippen molar-refractivity contribution in [3.63, 3.8) is 0 Å². The molecule has 0 N–H and O–H groups in total. The zero-order valence-electron chi connectivity index (χ0n) is 12.1. The summed E-state index contributed by atoms with van der Waals surface area (Å²) in [5.74, 6) is 0.536. The lowest BCUT2D eigenvalue weighted by Gasteiger charge is -2.37. The van der Waals surface area contributed by atoms with E-state index >= 15 is 0 Å². The standard InChI is InChI=1S/C14H14Cl2N4O2S/c15-10-3-4-12(16)14(5-10)23(21,22)19-6-11(7-19)20-8-13(17-18-20)9-1-2-9/h3-5,8-9,11H,1-2,6-7H2. The lowest BCUT2D eigenvalue weighted by molar-refractivity contribution is 0.189. The number of sulfonamides is 1. The molecule has 1 aromatic heterocycles. The predicted octanol–water partition coefficient (Wildman–Crippen LogP) is 2.71. The average Bonchev–Trinajstić information content (AvgIpc) is 3.19. The van der Waals surface area contributed by atoms with Gasteiger partial charge in [0.1, 0.15) is 4.90 Å². The maximum absolute atomic E-state index is 12.6. The van der Waals surface area contributed by atoms with Gasteiger partial charge in [-0.05, 0) is 31.0 Å². The van der Waals surface area contributed by atoms with E-state index < -0.39 is 10.0 Å². The lowest BCUT2D eigenvalue weighted by Crippen LogP contribution is -2.50. The Morgan fingerprint density at radius 2 is 1.91 bits per heavy atom. The molecule has 0 bridgehead atoms. The molecule has 0 unspecified atom stereocenters. The van der Waals surface area contributed by atoms with Gasteiger partial charge in [-0.25, -0.2) is 13.1 Å². The summed E-state index contributed by atoms with van der Waals surface area (Å²) >= 11 is 11.9. The molecule has 0 spiro atoms. The summed E-state index contributed by atoms with van der Waals surface area (Å²) in [6.07, 6.45) is 4.26. The highest BCUT2D eigenvalue weighted by molar-refractivity contribution is 7.89. The highest BCUT2D eigenvalue weighted by Crippen LogP contribution is 2.39. The fourth-order valence-electron chi connectivity index (χ4n) is 2.63. The Morgan fingerprint density at radius 1 is 1.17 bits per heavy atom. The van der Waals surface area contributed by atoms with Crippen LogP contribution in [0.15, 0.2) is 29.3 Å². The SMILES string of the molecule is O=S(=O)(c1cc(Cl)ccc1Cl)N1CC(n2cc(C3CC3)nn2)C1. The zero-order chi connectivity index (χ0) is 16.2. The molecular weight excluding hydrogens is 359 g/mol. The highest BCUT2D eigenvalue weighted by Gasteiger charge is 2.39. The Labute approximate surface area is 144 Å². The van der Waals surface area contributed by atoms with E-state index in [1.54, 1.807) is 10.7 Å². The van der Waals surface area contributed by atoms with Gasteiger partial charge in [-0.15, -0.1) is 5.10 Å². The van der Waals surface area contributed by atoms with E-state index in [0.717, 1.165) is 18.5 Å². The number of halogens is 2. The molecule has 9 heteroatoms. The summed E-state index contributed by atoms with van der Waals surface area (Å²) in [5.41, 5.74) is 1.00. The second-order valence-corrected chi connectivity index (χ2v) is 8.70. The molecule has 0 amide bonds. The van der Waals surface area contributed by atoms with E-state index in [9.17, 15) is 8.42 Å². The summed E-state index contributed by atoms with van der Waals surface area (Å²) in [7, 11) is -3.64. The quantitative estimate of drug-likeness (QED) is 0.827. The van der Waals surface area contributed by atoms with Crippen LogP contribution in [0, 0.1) is 0 Å². The Morgan fingerprint density at radius 3 is 2.61 bits per heavy atom. The topological polar surface area (TPSA) is 68.1 Å². The first-order valence-corrected chi connectivity index (χ1v) is 9.51. The number of hydrogen-bond donors (Lipinski definition) is 0. The fourth-order valence-corrected chi connectivity index (χ4v) is 4.88. The number of aromatic nitrogens is 3. The maximum Gasteiger partial charge on any atom is 0.244 e. The monoisotopic (exact) mass is 372 g/mol. The fraction of sp³-hybridized carbons (Fsp3) is 0.429. The van der Waals surface area contributed by atoms with Crippen molar-refractivity contribution in [2.24, 2.45) is 0 Å². The van der Waals surface area contributed by atoms with Crippen molar-refractivity contribution in [1.82, 2.24) is 19.3 Å². The minimum Gasteiger partial charge on any atom is -0.247 e. The molecule has 2 fully saturated rings. The van der Waals surface area contributed by atoms with Crippen molar-refractivity contribution >= 4 is 33.2 Å². The molecule has 6 nitrogen and oxygen atoms in total. The van der Waals surface area contributed by atoms with Gasteiger partial charge < -0.3 is 0 Å². The van der Waals surface area contributed by atoms with Crippen molar-refractivity contribution in [3.05, 3.63) is 40.1 Å². The second-order valence-electron chi connectivity index (χ2n) is 5.95. The van der Waals surface area contributed by atoms with Gasteiger partial charge in [0.25, 0.3) is 0 Å². The number of hydrogen-bond acceptors (Lipinski definition) is 4. The summed E-state index contributed by atoms with van der Waals surface area (Å²) in [5, 5.41) is 8.80. The van der Waals surface area contributed by atoms with E-state index in [1.807, 2.05) is 6.20 Å². The normalized spacial score (nSPS) is 19.7. The third-order valence-corrected chi connectivity index (χ3v) is 6.79. The van der Waals surface area contributed by atoms with Crippen LogP contribution >= 0.6 is 23.2 Å². The average molecular weight is 373 g/mol. The van der Waals surface area contributed by atoms with Crippen molar-refractivity contribution in [1.29, 1.82) is 0 Å². The van der Waals surface area contributed by atoms with Gasteiger partial charge >= 0.3 is 0 Å². The molecule has 4 rings (SSSR count). The first-order valence-electron chi connectivity index (χ1n) is 7.32. The van der Waals surface area contributed by atoms with Gasteiger partial charge in [-0.2, -0.15) is 4.31 Å². The van der Waals surface area contributed by atoms with Crippen LogP contribution in [0.3, 0.4) is 0 Å². The minimum atomic E-state index is -3.64. The smallest absolute Gasteiger partial charge is 0.244 e. The largest absolute Gasteiger partial charge is 0.247 e. The molecule has 2 heterocycles. The second kappa shape index (κ2) is 5.44. The molecule has 1 aliphatic carbocycles. The Balaban J connectivity index is 1.50. The Hall–Kier alpha value is -1.15. The van der Waals surface area contributed by atoms with E-state index in [-0.39, 0.29) is 16.0 Å². The van der Waals surface area contributed by atoms with Crippen LogP contribution in [0.2, 0.25) is 10.0 Å². The van der Waals surface area contributed by atoms with Crippen molar-refractivity contribution < 1.29 is 8.42 Å². The molecule has 1 saturated carbocycles. The van der Waals surface area contributed by atoms with Crippen molar-refractivity contribution in [2.45, 2.75) is 29.7 Å². The molecule has 2 aliphatic rings. The Kier molecular flexibility index (Phi) is 3.64. The van der Waals surface area contributed by atoms with E-state index in [4.69, 9.17) is 23.2 Å². The van der Waals surface area contributed by atoms with Crippen LogP contribution in [0.4, 0.5) is 0 Å². The third kappa shape index (κ3) is 2.76. The van der Waals surface area contributed by atoms with Gasteiger partial charge in [0, 0.05) is 30.2 Å². The molecule has 122 valence electrons. The van der Waals surface area contributed by atoms with Gasteiger partial charge in [-0.1, -0.05) is 28.4 Å². The van der Waals surface area contributed by atoms with E-state index in [2.05, 4.69) is 10.3 Å². The predicted molar refractivity (Wildman–Crippen MR) is 86.3 cm³/mol. The number of nitrogens with zero attached hydrogens (tertiary/aromatic N) is 4. The lowest BCUT2D eigenvalue weighted by atomic mass is 10.2. The van der Waals surface area contributed by atoms with Crippen LogP contribution < -0.4 is 0 Å². The highest BCUT2D eigenvalue weighted by atomic mass is 35.5. The van der Waals surface area contributed by atoms with Crippen molar-refractivity contribution in [2.75, 3.05) is 13.1 Å². The van der Waals surface area contributed by atoms with Crippen LogP contribution in [0.25, 0.3) is 0 Å². The summed E-state index contributed by atoms with van der Waals surface area (Å²) in [6.45, 7) is 0.720. The van der Waals surface area contributed by atoms with Gasteiger partial charge in [0.15, 0.2) is 0 Å². The number of rotatable bonds is 4. The van der Waals surface area contributed by atoms with Crippen LogP contribution in [-0.4, -0.2) is 40.8 Å². The molecule has 23 heavy (non-hydrogen) atoms. The molecule has 2 aromatic rings. The molecule has 1 saturated heterocycles. The third-order valence-electron chi connectivity index (χ3n) is 4.24. The van der Waals surface area contributed by atoms with Gasteiger partial charge in [0.05, 0.1) is 16.8 Å². The van der Waals surface area contributed by atoms with Crippen LogP contribution in [0.1, 0.15) is 30.5 Å². The molecule has 0 radical (unpaired) electrons. The summed E-state index contributed by atoms with van der Waals surface area (Å²) in [4.78, 5) is 0.0439. The van der Waals surface area contributed by atoms with E-state index in [1.165, 1.54) is 16.4 Å². The van der Waals surface area contributed by atoms with E-state index in [0.29, 0.717) is 24.0 Å². The molecule has 0 atom stereocenters. The first-order chi connectivity index (χ1) is 10.9. The number of benzene rings is 1. The van der Waals surface area contributed by atoms with Crippen molar-refractivity contribution in [3.8, 4) is 0 Å². The molecule has 1 aliphatic heterocycles. The van der Waals surface area contributed by atoms with Gasteiger partial charge in [0.2, 0.25) is 10.0 Å². The molecule has 1 aromatic carbocycles. The first kappa shape index (κ1) is 15.4. The molecular formula is C14H14Cl2N4O2S. The Bertz CT molecular complexity index is 857. The summed E-state index contributed by atoms with van der Waals surface area (Å²) in [6, 6.07) is 4.46. The van der Waals surface area contributed by atoms with Crippen LogP contribution in [-0.2, 0) is 10.0 Å².